The monoisotopic (exact) mass is 219 g/mol. The molecule has 0 atom stereocenters. The minimum absolute atomic E-state index is 0.0986. The second kappa shape index (κ2) is 4.56. The molecule has 1 aliphatic carbocycles. The number of benzene rings is 1. The van der Waals surface area contributed by atoms with Crippen molar-refractivity contribution in [2.24, 2.45) is 5.92 Å². The van der Waals surface area contributed by atoms with Crippen LogP contribution in [0.5, 0.6) is 0 Å². The molecule has 1 aromatic carbocycles. The van der Waals surface area contributed by atoms with Crippen LogP contribution in [0.25, 0.3) is 0 Å². The first kappa shape index (κ1) is 11.0. The molecular formula is C13H17NO2. The Morgan fingerprint density at radius 1 is 1.38 bits per heavy atom. The van der Waals surface area contributed by atoms with Crippen LogP contribution in [0.2, 0.25) is 0 Å². The zero-order valence-corrected chi connectivity index (χ0v) is 9.47. The van der Waals surface area contributed by atoms with Crippen molar-refractivity contribution in [3.63, 3.8) is 0 Å². The molecule has 2 rings (SSSR count). The fraction of sp³-hybridized carbons (Fsp3) is 0.462. The maximum absolute atomic E-state index is 10.9. The summed E-state index contributed by atoms with van der Waals surface area (Å²) in [6.45, 7) is 2.31. The number of hydrogen-bond acceptors (Lipinski definition) is 2. The minimum atomic E-state index is -0.761. The lowest BCUT2D eigenvalue weighted by atomic mass is 9.80. The average molecular weight is 219 g/mol. The number of para-hydroxylation sites is 1. The molecule has 3 heteroatoms. The molecule has 0 spiro atoms. The fourth-order valence-electron chi connectivity index (χ4n) is 2.31. The number of carboxylic acid groups (broad SMARTS) is 1. The summed E-state index contributed by atoms with van der Waals surface area (Å²) in [6.07, 6.45) is 2.20. The van der Waals surface area contributed by atoms with Crippen LogP contribution in [0.1, 0.15) is 19.8 Å². The SMILES string of the molecule is CC1CC(N(CC(=O)O)c2ccccc2)C1. The van der Waals surface area contributed by atoms with Crippen LogP contribution in [0.4, 0.5) is 5.69 Å². The van der Waals surface area contributed by atoms with Crippen LogP contribution in [0.3, 0.4) is 0 Å². The van der Waals surface area contributed by atoms with Gasteiger partial charge in [0.1, 0.15) is 6.54 Å². The largest absolute Gasteiger partial charge is 0.480 e. The predicted molar refractivity (Wildman–Crippen MR) is 63.6 cm³/mol. The Balaban J connectivity index is 2.12. The van der Waals surface area contributed by atoms with Crippen LogP contribution >= 0.6 is 0 Å². The Hall–Kier alpha value is -1.51. The van der Waals surface area contributed by atoms with E-state index in [2.05, 4.69) is 6.92 Å². The van der Waals surface area contributed by atoms with Gasteiger partial charge in [0.15, 0.2) is 0 Å². The second-order valence-electron chi connectivity index (χ2n) is 4.59. The van der Waals surface area contributed by atoms with E-state index in [1.54, 1.807) is 0 Å². The number of anilines is 1. The van der Waals surface area contributed by atoms with Crippen molar-refractivity contribution >= 4 is 11.7 Å². The Labute approximate surface area is 95.7 Å². The van der Waals surface area contributed by atoms with Gasteiger partial charge in [0.25, 0.3) is 0 Å². The summed E-state index contributed by atoms with van der Waals surface area (Å²) in [5.74, 6) is -0.0339. The lowest BCUT2D eigenvalue weighted by molar-refractivity contribution is -0.135. The van der Waals surface area contributed by atoms with Crippen molar-refractivity contribution in [3.05, 3.63) is 30.3 Å². The molecule has 0 bridgehead atoms. The van der Waals surface area contributed by atoms with Gasteiger partial charge in [-0.15, -0.1) is 0 Å². The summed E-state index contributed by atoms with van der Waals surface area (Å²) in [5, 5.41) is 8.94. The molecule has 0 aromatic heterocycles. The van der Waals surface area contributed by atoms with Crippen LogP contribution in [-0.2, 0) is 4.79 Å². The van der Waals surface area contributed by atoms with Gasteiger partial charge in [0.05, 0.1) is 0 Å². The van der Waals surface area contributed by atoms with E-state index in [9.17, 15) is 4.79 Å². The van der Waals surface area contributed by atoms with E-state index in [0.29, 0.717) is 6.04 Å². The van der Waals surface area contributed by atoms with Gasteiger partial charge in [-0.25, -0.2) is 0 Å². The number of nitrogens with zero attached hydrogens (tertiary/aromatic N) is 1. The number of carbonyl (C=O) groups is 1. The van der Waals surface area contributed by atoms with Gasteiger partial charge in [-0.2, -0.15) is 0 Å². The van der Waals surface area contributed by atoms with Crippen LogP contribution in [0.15, 0.2) is 30.3 Å². The molecule has 0 amide bonds. The third-order valence-electron chi connectivity index (χ3n) is 3.18. The van der Waals surface area contributed by atoms with E-state index in [1.165, 1.54) is 0 Å². The Kier molecular flexibility index (Phi) is 3.13. The molecule has 86 valence electrons. The van der Waals surface area contributed by atoms with Crippen molar-refractivity contribution in [3.8, 4) is 0 Å². The van der Waals surface area contributed by atoms with E-state index < -0.39 is 5.97 Å². The lowest BCUT2D eigenvalue weighted by Crippen LogP contribution is -2.46. The molecule has 16 heavy (non-hydrogen) atoms. The topological polar surface area (TPSA) is 40.5 Å². The predicted octanol–water partition coefficient (Wildman–Crippen LogP) is 2.38. The number of hydrogen-bond donors (Lipinski definition) is 1. The third-order valence-corrected chi connectivity index (χ3v) is 3.18. The molecule has 0 heterocycles. The fourth-order valence-corrected chi connectivity index (χ4v) is 2.31. The van der Waals surface area contributed by atoms with E-state index >= 15 is 0 Å². The first-order valence-electron chi connectivity index (χ1n) is 5.70. The van der Waals surface area contributed by atoms with E-state index in [0.717, 1.165) is 24.4 Å². The van der Waals surface area contributed by atoms with Gasteiger partial charge in [0.2, 0.25) is 0 Å². The van der Waals surface area contributed by atoms with Crippen molar-refractivity contribution < 1.29 is 9.90 Å². The summed E-state index contributed by atoms with van der Waals surface area (Å²) < 4.78 is 0. The summed E-state index contributed by atoms with van der Waals surface area (Å²) >= 11 is 0. The Morgan fingerprint density at radius 2 is 2.00 bits per heavy atom. The molecule has 1 N–H and O–H groups in total. The van der Waals surface area contributed by atoms with Crippen molar-refractivity contribution in [2.75, 3.05) is 11.4 Å². The Morgan fingerprint density at radius 3 is 2.50 bits per heavy atom. The highest BCUT2D eigenvalue weighted by Crippen LogP contribution is 2.33. The van der Waals surface area contributed by atoms with E-state index in [1.807, 2.05) is 35.2 Å². The summed E-state index contributed by atoms with van der Waals surface area (Å²) in [5.41, 5.74) is 1.02. The maximum Gasteiger partial charge on any atom is 0.323 e. The molecule has 1 fully saturated rings. The minimum Gasteiger partial charge on any atom is -0.480 e. The van der Waals surface area contributed by atoms with Gasteiger partial charge in [-0.05, 0) is 30.9 Å². The van der Waals surface area contributed by atoms with Gasteiger partial charge in [0, 0.05) is 11.7 Å². The van der Waals surface area contributed by atoms with E-state index in [-0.39, 0.29) is 6.54 Å². The average Bonchev–Trinajstić information content (AvgIpc) is 2.23. The standard InChI is InChI=1S/C13H17NO2/c1-10-7-12(8-10)14(9-13(15)16)11-5-3-2-4-6-11/h2-6,10,12H,7-9H2,1H3,(H,15,16). The Bertz CT molecular complexity index is 357. The third kappa shape index (κ3) is 2.35. The summed E-state index contributed by atoms with van der Waals surface area (Å²) in [6, 6.07) is 10.2. The van der Waals surface area contributed by atoms with Gasteiger partial charge >= 0.3 is 5.97 Å². The van der Waals surface area contributed by atoms with Crippen LogP contribution < -0.4 is 4.90 Å². The van der Waals surface area contributed by atoms with Crippen LogP contribution in [0, 0.1) is 5.92 Å². The lowest BCUT2D eigenvalue weighted by Gasteiger charge is -2.42. The van der Waals surface area contributed by atoms with Crippen molar-refractivity contribution in [1.82, 2.24) is 0 Å². The zero-order chi connectivity index (χ0) is 11.5. The zero-order valence-electron chi connectivity index (χ0n) is 9.47. The normalized spacial score (nSPS) is 23.6. The molecule has 1 saturated carbocycles. The van der Waals surface area contributed by atoms with Crippen molar-refractivity contribution in [1.29, 1.82) is 0 Å². The molecule has 3 nitrogen and oxygen atoms in total. The summed E-state index contributed by atoms with van der Waals surface area (Å²) in [4.78, 5) is 12.9. The molecular weight excluding hydrogens is 202 g/mol. The first-order valence-corrected chi connectivity index (χ1v) is 5.70. The first-order chi connectivity index (χ1) is 7.66. The van der Waals surface area contributed by atoms with Gasteiger partial charge in [-0.1, -0.05) is 25.1 Å². The molecule has 1 aromatic rings. The highest BCUT2D eigenvalue weighted by molar-refractivity contribution is 5.74. The van der Waals surface area contributed by atoms with E-state index in [4.69, 9.17) is 5.11 Å². The smallest absolute Gasteiger partial charge is 0.323 e. The molecule has 0 aliphatic heterocycles. The number of aliphatic carboxylic acids is 1. The molecule has 0 saturated heterocycles. The highest BCUT2D eigenvalue weighted by atomic mass is 16.4. The quantitative estimate of drug-likeness (QED) is 0.845. The maximum atomic E-state index is 10.9. The molecule has 0 unspecified atom stereocenters. The second-order valence-corrected chi connectivity index (χ2v) is 4.59. The number of rotatable bonds is 4. The number of carboxylic acids is 1. The molecule has 1 aliphatic rings. The van der Waals surface area contributed by atoms with Gasteiger partial charge in [-0.3, -0.25) is 4.79 Å². The van der Waals surface area contributed by atoms with Gasteiger partial charge < -0.3 is 10.0 Å². The summed E-state index contributed by atoms with van der Waals surface area (Å²) in [7, 11) is 0. The van der Waals surface area contributed by atoms with Crippen LogP contribution in [-0.4, -0.2) is 23.7 Å². The molecule has 0 radical (unpaired) electrons. The highest BCUT2D eigenvalue weighted by Gasteiger charge is 2.31. The van der Waals surface area contributed by atoms with Crippen molar-refractivity contribution in [2.45, 2.75) is 25.8 Å².